The summed E-state index contributed by atoms with van der Waals surface area (Å²) in [4.78, 5) is 0.971. The van der Waals surface area contributed by atoms with Crippen molar-refractivity contribution in [1.82, 2.24) is 10.7 Å². The van der Waals surface area contributed by atoms with Gasteiger partial charge in [0.05, 0.1) is 11.9 Å². The Morgan fingerprint density at radius 3 is 3.14 bits per heavy atom. The number of hydrazine groups is 2. The zero-order valence-corrected chi connectivity index (χ0v) is 7.75. The molecule has 0 radical (unpaired) electrons. The van der Waals surface area contributed by atoms with Crippen LogP contribution in [0.25, 0.3) is 0 Å². The fourth-order valence-electron chi connectivity index (χ4n) is 1.45. The van der Waals surface area contributed by atoms with Crippen molar-refractivity contribution >= 4 is 17.4 Å². The van der Waals surface area contributed by atoms with Crippen molar-refractivity contribution in [3.05, 3.63) is 35.2 Å². The number of halogens is 1. The molecule has 0 aliphatic carbocycles. The first-order valence-electron chi connectivity index (χ1n) is 3.98. The van der Waals surface area contributed by atoms with E-state index in [4.69, 9.17) is 5.21 Å². The van der Waals surface area contributed by atoms with E-state index in [9.17, 15) is 4.39 Å². The van der Waals surface area contributed by atoms with Crippen molar-refractivity contribution < 1.29 is 9.60 Å². The van der Waals surface area contributed by atoms with Crippen molar-refractivity contribution in [1.29, 1.82) is 0 Å². The lowest BCUT2D eigenvalue weighted by Gasteiger charge is -2.16. The molecule has 0 saturated carbocycles. The van der Waals surface area contributed by atoms with Crippen LogP contribution >= 0.6 is 11.8 Å². The van der Waals surface area contributed by atoms with E-state index < -0.39 is 0 Å². The summed E-state index contributed by atoms with van der Waals surface area (Å²) in [5.74, 6) is -0.288. The maximum Gasteiger partial charge on any atom is 0.125 e. The van der Waals surface area contributed by atoms with E-state index in [1.165, 1.54) is 30.1 Å². The third-order valence-electron chi connectivity index (χ3n) is 2.03. The minimum atomic E-state index is -0.288. The summed E-state index contributed by atoms with van der Waals surface area (Å²) in [6, 6.07) is 4.57. The third kappa shape index (κ3) is 1.02. The van der Waals surface area contributed by atoms with Gasteiger partial charge < -0.3 is 0 Å². The number of rotatable bonds is 0. The van der Waals surface area contributed by atoms with Crippen LogP contribution in [0, 0.1) is 5.82 Å². The lowest BCUT2D eigenvalue weighted by molar-refractivity contribution is -0.0792. The van der Waals surface area contributed by atoms with Gasteiger partial charge in [-0.2, -0.15) is 5.17 Å². The molecule has 0 amide bonds. The predicted octanol–water partition coefficient (Wildman–Crippen LogP) is 1.66. The lowest BCUT2D eigenvalue weighted by atomic mass is 10.3. The SMILES string of the molecule is ON1C=C2Sc3ccc(F)cc3N2N1. The second kappa shape index (κ2) is 2.63. The molecule has 0 aromatic heterocycles. The molecule has 0 fully saturated rings. The molecule has 0 unspecified atom stereocenters. The van der Waals surface area contributed by atoms with Crippen molar-refractivity contribution in [3.63, 3.8) is 0 Å². The smallest absolute Gasteiger partial charge is 0.125 e. The zero-order valence-electron chi connectivity index (χ0n) is 6.94. The van der Waals surface area contributed by atoms with Gasteiger partial charge in [0.25, 0.3) is 0 Å². The van der Waals surface area contributed by atoms with Gasteiger partial charge in [-0.3, -0.25) is 5.21 Å². The fraction of sp³-hybridized carbons (Fsp3) is 0. The lowest BCUT2D eigenvalue weighted by Crippen LogP contribution is -2.37. The summed E-state index contributed by atoms with van der Waals surface area (Å²) < 4.78 is 13.0. The molecule has 3 rings (SSSR count). The molecule has 2 heterocycles. The number of nitrogens with one attached hydrogen (secondary N) is 1. The van der Waals surface area contributed by atoms with Gasteiger partial charge in [-0.05, 0) is 12.1 Å². The Morgan fingerprint density at radius 1 is 1.43 bits per heavy atom. The molecule has 0 atom stereocenters. The fourth-order valence-corrected chi connectivity index (χ4v) is 2.45. The van der Waals surface area contributed by atoms with Crippen molar-refractivity contribution in [2.24, 2.45) is 0 Å². The van der Waals surface area contributed by atoms with Crippen molar-refractivity contribution in [3.8, 4) is 0 Å². The second-order valence-electron chi connectivity index (χ2n) is 2.96. The Morgan fingerprint density at radius 2 is 2.29 bits per heavy atom. The summed E-state index contributed by atoms with van der Waals surface area (Å²) >= 11 is 1.48. The Bertz CT molecular complexity index is 437. The van der Waals surface area contributed by atoms with E-state index in [1.54, 1.807) is 11.1 Å². The average Bonchev–Trinajstić information content (AvgIpc) is 2.62. The van der Waals surface area contributed by atoms with Crippen LogP contribution in [0.2, 0.25) is 0 Å². The Balaban J connectivity index is 2.10. The highest BCUT2D eigenvalue weighted by Crippen LogP contribution is 2.46. The van der Waals surface area contributed by atoms with Gasteiger partial charge in [0.1, 0.15) is 10.8 Å². The maximum absolute atomic E-state index is 13.0. The van der Waals surface area contributed by atoms with Crippen LogP contribution in [0.15, 0.2) is 34.3 Å². The van der Waals surface area contributed by atoms with Crippen LogP contribution in [0.5, 0.6) is 0 Å². The van der Waals surface area contributed by atoms with E-state index in [0.717, 1.165) is 20.8 Å². The van der Waals surface area contributed by atoms with E-state index in [0.29, 0.717) is 0 Å². The monoisotopic (exact) mass is 211 g/mol. The number of anilines is 1. The van der Waals surface area contributed by atoms with Crippen LogP contribution < -0.4 is 10.5 Å². The molecule has 0 bridgehead atoms. The molecule has 2 aliphatic heterocycles. The summed E-state index contributed by atoms with van der Waals surface area (Å²) in [5, 5.41) is 12.4. The Labute approximate surface area is 83.5 Å². The van der Waals surface area contributed by atoms with Gasteiger partial charge in [-0.25, -0.2) is 9.40 Å². The molecule has 0 saturated heterocycles. The average molecular weight is 211 g/mol. The quantitative estimate of drug-likeness (QED) is 0.682. The molecule has 14 heavy (non-hydrogen) atoms. The molecular formula is C8H6FN3OS. The largest absolute Gasteiger partial charge is 0.272 e. The van der Waals surface area contributed by atoms with E-state index in [-0.39, 0.29) is 5.82 Å². The van der Waals surface area contributed by atoms with Gasteiger partial charge >= 0.3 is 0 Å². The highest BCUT2D eigenvalue weighted by atomic mass is 32.2. The molecule has 1 aromatic rings. The molecule has 1 aromatic carbocycles. The molecule has 2 aliphatic rings. The summed E-state index contributed by atoms with van der Waals surface area (Å²) in [6.45, 7) is 0. The Kier molecular flexibility index (Phi) is 1.52. The van der Waals surface area contributed by atoms with Gasteiger partial charge in [-0.15, -0.1) is 5.53 Å². The number of hydroxylamine groups is 1. The first-order valence-corrected chi connectivity index (χ1v) is 4.79. The van der Waals surface area contributed by atoms with Crippen LogP contribution in [0.4, 0.5) is 10.1 Å². The number of fused-ring (bicyclic) bond motifs is 3. The molecule has 0 spiro atoms. The van der Waals surface area contributed by atoms with Gasteiger partial charge in [-0.1, -0.05) is 11.8 Å². The van der Waals surface area contributed by atoms with Crippen LogP contribution in [0.3, 0.4) is 0 Å². The number of nitrogens with zero attached hydrogens (tertiary/aromatic N) is 2. The number of benzene rings is 1. The van der Waals surface area contributed by atoms with Crippen LogP contribution in [-0.2, 0) is 0 Å². The van der Waals surface area contributed by atoms with Gasteiger partial charge in [0.2, 0.25) is 0 Å². The minimum Gasteiger partial charge on any atom is -0.272 e. The number of hydrogen-bond donors (Lipinski definition) is 2. The van der Waals surface area contributed by atoms with E-state index >= 15 is 0 Å². The molecule has 2 N–H and O–H groups in total. The molecule has 4 nitrogen and oxygen atoms in total. The van der Waals surface area contributed by atoms with Gasteiger partial charge in [0, 0.05) is 11.0 Å². The normalized spacial score (nSPS) is 18.3. The zero-order chi connectivity index (χ0) is 9.71. The maximum atomic E-state index is 13.0. The summed E-state index contributed by atoms with van der Waals surface area (Å²) in [6.07, 6.45) is 1.53. The highest BCUT2D eigenvalue weighted by molar-refractivity contribution is 8.03. The predicted molar refractivity (Wildman–Crippen MR) is 49.6 cm³/mol. The minimum absolute atomic E-state index is 0.288. The second-order valence-corrected chi connectivity index (χ2v) is 4.02. The first-order chi connectivity index (χ1) is 6.74. The molecule has 6 heteroatoms. The van der Waals surface area contributed by atoms with Gasteiger partial charge in [0.15, 0.2) is 0 Å². The summed E-state index contributed by atoms with van der Waals surface area (Å²) in [5.41, 5.74) is 3.36. The van der Waals surface area contributed by atoms with Crippen molar-refractivity contribution in [2.45, 2.75) is 4.90 Å². The van der Waals surface area contributed by atoms with E-state index in [2.05, 4.69) is 5.53 Å². The van der Waals surface area contributed by atoms with Crippen molar-refractivity contribution in [2.75, 3.05) is 5.01 Å². The third-order valence-corrected chi connectivity index (χ3v) is 3.09. The molecular weight excluding hydrogens is 205 g/mol. The Hall–Kier alpha value is -1.24. The highest BCUT2D eigenvalue weighted by Gasteiger charge is 2.31. The van der Waals surface area contributed by atoms with Crippen LogP contribution in [-0.4, -0.2) is 10.4 Å². The number of thioether (sulfide) groups is 1. The van der Waals surface area contributed by atoms with E-state index in [1.807, 2.05) is 0 Å². The standard InChI is InChI=1S/C8H6FN3OS/c9-5-1-2-7-6(3-5)12-8(14-7)4-11(13)10-12/h1-4,10,13H. The number of hydrogen-bond acceptors (Lipinski definition) is 5. The summed E-state index contributed by atoms with van der Waals surface area (Å²) in [7, 11) is 0. The molecule has 72 valence electrons. The topological polar surface area (TPSA) is 38.7 Å². The first kappa shape index (κ1) is 8.10. The van der Waals surface area contributed by atoms with Crippen LogP contribution in [0.1, 0.15) is 0 Å².